The SMILES string of the molecule is CCNC(C)c1c(F)cccc1OC1CCCCC1C. The molecule has 3 unspecified atom stereocenters. The Morgan fingerprint density at radius 3 is 2.80 bits per heavy atom. The predicted molar refractivity (Wildman–Crippen MR) is 80.5 cm³/mol. The minimum absolute atomic E-state index is 0.0323. The van der Waals surface area contributed by atoms with E-state index in [1.807, 2.05) is 19.9 Å². The molecule has 2 nitrogen and oxygen atoms in total. The number of benzene rings is 1. The summed E-state index contributed by atoms with van der Waals surface area (Å²) in [5.41, 5.74) is 0.659. The molecule has 0 radical (unpaired) electrons. The topological polar surface area (TPSA) is 21.3 Å². The summed E-state index contributed by atoms with van der Waals surface area (Å²) in [5.74, 6) is 1.07. The standard InChI is InChI=1S/C17H26FNO/c1-4-19-13(3)17-14(18)9-7-11-16(17)20-15-10-6-5-8-12(15)2/h7,9,11-13,15,19H,4-6,8,10H2,1-3H3. The van der Waals surface area contributed by atoms with Crippen LogP contribution in [0.3, 0.4) is 0 Å². The summed E-state index contributed by atoms with van der Waals surface area (Å²) < 4.78 is 20.3. The third-order valence-corrected chi connectivity index (χ3v) is 4.27. The van der Waals surface area contributed by atoms with Crippen LogP contribution in [-0.2, 0) is 0 Å². The molecule has 1 aliphatic carbocycles. The van der Waals surface area contributed by atoms with Gasteiger partial charge in [-0.05, 0) is 50.8 Å². The lowest BCUT2D eigenvalue weighted by molar-refractivity contribution is 0.100. The number of nitrogens with one attached hydrogen (secondary N) is 1. The van der Waals surface area contributed by atoms with Gasteiger partial charge in [-0.3, -0.25) is 0 Å². The largest absolute Gasteiger partial charge is 0.490 e. The second-order valence-electron chi connectivity index (χ2n) is 5.85. The molecule has 2 rings (SSSR count). The van der Waals surface area contributed by atoms with Gasteiger partial charge in [-0.2, -0.15) is 0 Å². The summed E-state index contributed by atoms with van der Waals surface area (Å²) in [4.78, 5) is 0. The number of hydrogen-bond acceptors (Lipinski definition) is 2. The maximum absolute atomic E-state index is 14.2. The number of rotatable bonds is 5. The molecule has 1 fully saturated rings. The van der Waals surface area contributed by atoms with Crippen molar-refractivity contribution in [2.24, 2.45) is 5.92 Å². The molecule has 3 atom stereocenters. The second kappa shape index (κ2) is 7.07. The quantitative estimate of drug-likeness (QED) is 0.859. The number of ether oxygens (including phenoxy) is 1. The highest BCUT2D eigenvalue weighted by Gasteiger charge is 2.25. The van der Waals surface area contributed by atoms with Crippen molar-refractivity contribution in [1.29, 1.82) is 0 Å². The van der Waals surface area contributed by atoms with Gasteiger partial charge in [-0.25, -0.2) is 4.39 Å². The molecule has 0 heterocycles. The van der Waals surface area contributed by atoms with Crippen molar-refractivity contribution in [3.63, 3.8) is 0 Å². The Labute approximate surface area is 121 Å². The Morgan fingerprint density at radius 2 is 2.10 bits per heavy atom. The van der Waals surface area contributed by atoms with Crippen LogP contribution in [0.15, 0.2) is 18.2 Å². The van der Waals surface area contributed by atoms with Crippen LogP contribution in [0.25, 0.3) is 0 Å². The summed E-state index contributed by atoms with van der Waals surface area (Å²) >= 11 is 0. The summed E-state index contributed by atoms with van der Waals surface area (Å²) in [7, 11) is 0. The van der Waals surface area contributed by atoms with E-state index in [4.69, 9.17) is 4.74 Å². The van der Waals surface area contributed by atoms with Gasteiger partial charge in [0.1, 0.15) is 17.7 Å². The first-order chi connectivity index (χ1) is 9.63. The third-order valence-electron chi connectivity index (χ3n) is 4.27. The van der Waals surface area contributed by atoms with Gasteiger partial charge in [0.05, 0.1) is 0 Å². The van der Waals surface area contributed by atoms with Crippen molar-refractivity contribution in [2.45, 2.75) is 58.6 Å². The van der Waals surface area contributed by atoms with Crippen LogP contribution in [0.4, 0.5) is 4.39 Å². The fourth-order valence-corrected chi connectivity index (χ4v) is 3.07. The van der Waals surface area contributed by atoms with Gasteiger partial charge in [0.2, 0.25) is 0 Å². The van der Waals surface area contributed by atoms with Crippen molar-refractivity contribution >= 4 is 0 Å². The number of halogens is 1. The maximum Gasteiger partial charge on any atom is 0.131 e. The van der Waals surface area contributed by atoms with Crippen molar-refractivity contribution in [1.82, 2.24) is 5.32 Å². The smallest absolute Gasteiger partial charge is 0.131 e. The molecule has 112 valence electrons. The normalized spacial score (nSPS) is 24.4. The van der Waals surface area contributed by atoms with Gasteiger partial charge in [0.15, 0.2) is 0 Å². The molecule has 0 aromatic heterocycles. The van der Waals surface area contributed by atoms with Crippen LogP contribution >= 0.6 is 0 Å². The van der Waals surface area contributed by atoms with Gasteiger partial charge < -0.3 is 10.1 Å². The number of hydrogen-bond donors (Lipinski definition) is 1. The highest BCUT2D eigenvalue weighted by Crippen LogP contribution is 2.33. The lowest BCUT2D eigenvalue weighted by Gasteiger charge is -2.31. The molecule has 0 spiro atoms. The molecule has 1 aromatic rings. The van der Waals surface area contributed by atoms with E-state index in [9.17, 15) is 4.39 Å². The molecular formula is C17H26FNO. The average molecular weight is 279 g/mol. The van der Waals surface area contributed by atoms with E-state index < -0.39 is 0 Å². The summed E-state index contributed by atoms with van der Waals surface area (Å²) in [6, 6.07) is 5.11. The van der Waals surface area contributed by atoms with Crippen LogP contribution in [0, 0.1) is 11.7 Å². The highest BCUT2D eigenvalue weighted by molar-refractivity contribution is 5.37. The van der Waals surface area contributed by atoms with Crippen molar-refractivity contribution in [3.8, 4) is 5.75 Å². The summed E-state index contributed by atoms with van der Waals surface area (Å²) in [6.45, 7) is 7.06. The van der Waals surface area contributed by atoms with Crippen LogP contribution in [0.5, 0.6) is 5.75 Å². The average Bonchev–Trinajstić information content (AvgIpc) is 2.42. The predicted octanol–water partition coefficient (Wildman–Crippen LogP) is 4.45. The van der Waals surface area contributed by atoms with Gasteiger partial charge >= 0.3 is 0 Å². The van der Waals surface area contributed by atoms with Crippen LogP contribution in [0.1, 0.15) is 58.1 Å². The monoisotopic (exact) mass is 279 g/mol. The first kappa shape index (κ1) is 15.3. The van der Waals surface area contributed by atoms with E-state index in [0.717, 1.165) is 13.0 Å². The van der Waals surface area contributed by atoms with Gasteiger partial charge in [-0.1, -0.05) is 26.3 Å². The fourth-order valence-electron chi connectivity index (χ4n) is 3.07. The summed E-state index contributed by atoms with van der Waals surface area (Å²) in [6.07, 6.45) is 5.00. The molecule has 0 saturated heterocycles. The van der Waals surface area contributed by atoms with Crippen molar-refractivity contribution in [3.05, 3.63) is 29.6 Å². The van der Waals surface area contributed by atoms with E-state index >= 15 is 0 Å². The molecule has 1 N–H and O–H groups in total. The van der Waals surface area contributed by atoms with Gasteiger partial charge in [-0.15, -0.1) is 0 Å². The third kappa shape index (κ3) is 3.51. The Hall–Kier alpha value is -1.09. The molecule has 0 bridgehead atoms. The van der Waals surface area contributed by atoms with E-state index in [1.54, 1.807) is 6.07 Å². The second-order valence-corrected chi connectivity index (χ2v) is 5.85. The van der Waals surface area contributed by atoms with Crippen molar-refractivity contribution < 1.29 is 9.13 Å². The molecule has 0 aliphatic heterocycles. The van der Waals surface area contributed by atoms with E-state index in [-0.39, 0.29) is 18.0 Å². The van der Waals surface area contributed by atoms with Crippen LogP contribution in [0.2, 0.25) is 0 Å². The van der Waals surface area contributed by atoms with Gasteiger partial charge in [0, 0.05) is 11.6 Å². The molecule has 1 saturated carbocycles. The fraction of sp³-hybridized carbons (Fsp3) is 0.647. The zero-order valence-electron chi connectivity index (χ0n) is 12.8. The Balaban J connectivity index is 2.20. The Kier molecular flexibility index (Phi) is 5.41. The molecule has 3 heteroatoms. The van der Waals surface area contributed by atoms with E-state index in [1.165, 1.54) is 25.3 Å². The molecular weight excluding hydrogens is 253 g/mol. The highest BCUT2D eigenvalue weighted by atomic mass is 19.1. The van der Waals surface area contributed by atoms with Gasteiger partial charge in [0.25, 0.3) is 0 Å². The van der Waals surface area contributed by atoms with E-state index in [2.05, 4.69) is 12.2 Å². The first-order valence-corrected chi connectivity index (χ1v) is 7.82. The zero-order valence-corrected chi connectivity index (χ0v) is 12.8. The Morgan fingerprint density at radius 1 is 1.35 bits per heavy atom. The first-order valence-electron chi connectivity index (χ1n) is 7.82. The molecule has 1 aliphatic rings. The molecule has 20 heavy (non-hydrogen) atoms. The minimum atomic E-state index is -0.181. The Bertz CT molecular complexity index is 435. The lowest BCUT2D eigenvalue weighted by Crippen LogP contribution is -2.29. The summed E-state index contributed by atoms with van der Waals surface area (Å²) in [5, 5.41) is 3.27. The van der Waals surface area contributed by atoms with E-state index in [0.29, 0.717) is 17.2 Å². The van der Waals surface area contributed by atoms with Crippen LogP contribution in [-0.4, -0.2) is 12.6 Å². The molecule has 0 amide bonds. The molecule has 1 aromatic carbocycles. The lowest BCUT2D eigenvalue weighted by atomic mass is 9.88. The van der Waals surface area contributed by atoms with Crippen molar-refractivity contribution in [2.75, 3.05) is 6.54 Å². The maximum atomic E-state index is 14.2. The zero-order chi connectivity index (χ0) is 14.5. The minimum Gasteiger partial charge on any atom is -0.490 e. The van der Waals surface area contributed by atoms with Crippen LogP contribution < -0.4 is 10.1 Å².